The van der Waals surface area contributed by atoms with Crippen molar-refractivity contribution in [3.05, 3.63) is 14.7 Å². The second-order valence-corrected chi connectivity index (χ2v) is 7.31. The molecule has 1 heterocycles. The van der Waals surface area contributed by atoms with Crippen molar-refractivity contribution in [1.82, 2.24) is 4.72 Å². The largest absolute Gasteiger partial charge is 0.477 e. The molecule has 9 heteroatoms. The molecule has 0 fully saturated rings. The highest BCUT2D eigenvalue weighted by molar-refractivity contribution is 9.11. The minimum atomic E-state index is -3.82. The molecule has 0 saturated heterocycles. The SMILES string of the molecule is C[C@@H](CO)NS(=O)(=O)c1cc(C(=O)O)sc1Br. The minimum absolute atomic E-state index is 0.0751. The molecule has 0 aromatic carbocycles. The average Bonchev–Trinajstić information content (AvgIpc) is 2.60. The number of carbonyl (C=O) groups is 1. The maximum Gasteiger partial charge on any atom is 0.345 e. The fourth-order valence-electron chi connectivity index (χ4n) is 1.01. The third kappa shape index (κ3) is 3.49. The first kappa shape index (κ1) is 14.6. The normalized spacial score (nSPS) is 13.6. The van der Waals surface area contributed by atoms with E-state index in [0.29, 0.717) is 0 Å². The summed E-state index contributed by atoms with van der Waals surface area (Å²) in [6, 6.07) is 0.434. The van der Waals surface area contributed by atoms with Gasteiger partial charge in [0.2, 0.25) is 10.0 Å². The first-order chi connectivity index (χ1) is 7.77. The zero-order valence-electron chi connectivity index (χ0n) is 8.68. The van der Waals surface area contributed by atoms with E-state index in [1.165, 1.54) is 6.92 Å². The molecule has 1 rings (SSSR count). The van der Waals surface area contributed by atoms with Gasteiger partial charge in [0.25, 0.3) is 0 Å². The van der Waals surface area contributed by atoms with Crippen molar-refractivity contribution in [3.63, 3.8) is 0 Å². The van der Waals surface area contributed by atoms with Gasteiger partial charge in [-0.2, -0.15) is 0 Å². The van der Waals surface area contributed by atoms with Gasteiger partial charge in [0.1, 0.15) is 9.77 Å². The van der Waals surface area contributed by atoms with Gasteiger partial charge >= 0.3 is 5.97 Å². The maximum absolute atomic E-state index is 11.8. The first-order valence-electron chi connectivity index (χ1n) is 4.43. The number of aliphatic hydroxyl groups excluding tert-OH is 1. The fourth-order valence-corrected chi connectivity index (χ4v) is 4.64. The number of aromatic carboxylic acids is 1. The maximum atomic E-state index is 11.8. The number of hydrogen-bond acceptors (Lipinski definition) is 5. The number of thiophene rings is 1. The first-order valence-corrected chi connectivity index (χ1v) is 7.53. The molecule has 0 spiro atoms. The lowest BCUT2D eigenvalue weighted by atomic mass is 10.4. The number of halogens is 1. The Morgan fingerprint density at radius 1 is 1.65 bits per heavy atom. The van der Waals surface area contributed by atoms with Crippen LogP contribution in [0.25, 0.3) is 0 Å². The second-order valence-electron chi connectivity index (χ2n) is 3.26. The number of carboxylic acid groups (broad SMARTS) is 1. The number of aliphatic hydroxyl groups is 1. The lowest BCUT2D eigenvalue weighted by Gasteiger charge is -2.10. The number of hydrogen-bond donors (Lipinski definition) is 3. The summed E-state index contributed by atoms with van der Waals surface area (Å²) >= 11 is 3.83. The van der Waals surface area contributed by atoms with Crippen LogP contribution in [-0.2, 0) is 10.0 Å². The van der Waals surface area contributed by atoms with Gasteiger partial charge < -0.3 is 10.2 Å². The van der Waals surface area contributed by atoms with E-state index in [1.807, 2.05) is 0 Å². The van der Waals surface area contributed by atoms with Crippen LogP contribution in [0.3, 0.4) is 0 Å². The van der Waals surface area contributed by atoms with Crippen LogP contribution in [0, 0.1) is 0 Å². The van der Waals surface area contributed by atoms with Crippen LogP contribution in [0.15, 0.2) is 14.7 Å². The Bertz CT molecular complexity index is 524. The highest BCUT2D eigenvalue weighted by Crippen LogP contribution is 2.31. The van der Waals surface area contributed by atoms with Gasteiger partial charge in [0.05, 0.1) is 10.4 Å². The Morgan fingerprint density at radius 3 is 2.65 bits per heavy atom. The standard InChI is InChI=1S/C8H10BrNO5S2/c1-4(3-11)10-17(14,15)6-2-5(8(12)13)16-7(6)9/h2,4,10-11H,3H2,1H3,(H,12,13)/t4-/m0/s1. The molecule has 0 saturated carbocycles. The Morgan fingerprint density at radius 2 is 2.24 bits per heavy atom. The van der Waals surface area contributed by atoms with Crippen LogP contribution in [0.5, 0.6) is 0 Å². The number of sulfonamides is 1. The predicted molar refractivity (Wildman–Crippen MR) is 65.8 cm³/mol. The third-order valence-corrected chi connectivity index (χ3v) is 5.62. The molecule has 0 amide bonds. The summed E-state index contributed by atoms with van der Waals surface area (Å²) in [4.78, 5) is 10.5. The van der Waals surface area contributed by atoms with Crippen molar-refractivity contribution in [2.24, 2.45) is 0 Å². The highest BCUT2D eigenvalue weighted by atomic mass is 79.9. The van der Waals surface area contributed by atoms with Gasteiger partial charge in [-0.1, -0.05) is 0 Å². The van der Waals surface area contributed by atoms with Crippen LogP contribution in [-0.4, -0.2) is 37.2 Å². The summed E-state index contributed by atoms with van der Waals surface area (Å²) in [6.45, 7) is 1.16. The molecular formula is C8H10BrNO5S2. The molecule has 17 heavy (non-hydrogen) atoms. The molecule has 0 unspecified atom stereocenters. The smallest absolute Gasteiger partial charge is 0.345 e. The van der Waals surface area contributed by atoms with Gasteiger partial charge in [0, 0.05) is 6.04 Å². The highest BCUT2D eigenvalue weighted by Gasteiger charge is 2.24. The molecule has 0 radical (unpaired) electrons. The van der Waals surface area contributed by atoms with E-state index in [1.54, 1.807) is 0 Å². The summed E-state index contributed by atoms with van der Waals surface area (Å²) in [7, 11) is -3.82. The second kappa shape index (κ2) is 5.44. The van der Waals surface area contributed by atoms with Crippen molar-refractivity contribution in [1.29, 1.82) is 0 Å². The van der Waals surface area contributed by atoms with Crippen molar-refractivity contribution in [3.8, 4) is 0 Å². The number of carboxylic acids is 1. The van der Waals surface area contributed by atoms with E-state index in [9.17, 15) is 13.2 Å². The van der Waals surface area contributed by atoms with Gasteiger partial charge in [-0.3, -0.25) is 0 Å². The summed E-state index contributed by atoms with van der Waals surface area (Å²) in [6.07, 6.45) is 0. The Labute approximate surface area is 110 Å². The quantitative estimate of drug-likeness (QED) is 0.735. The molecule has 0 aliphatic heterocycles. The molecule has 1 aromatic heterocycles. The minimum Gasteiger partial charge on any atom is -0.477 e. The lowest BCUT2D eigenvalue weighted by Crippen LogP contribution is -2.34. The molecule has 96 valence electrons. The molecule has 1 aromatic rings. The van der Waals surface area contributed by atoms with Crippen molar-refractivity contribution >= 4 is 43.3 Å². The average molecular weight is 344 g/mol. The van der Waals surface area contributed by atoms with E-state index >= 15 is 0 Å². The Kier molecular flexibility index (Phi) is 4.67. The summed E-state index contributed by atoms with van der Waals surface area (Å²) < 4.78 is 26.1. The van der Waals surface area contributed by atoms with E-state index in [0.717, 1.165) is 17.4 Å². The Balaban J connectivity index is 3.11. The molecular weight excluding hydrogens is 334 g/mol. The Hall–Kier alpha value is -0.480. The third-order valence-electron chi connectivity index (χ3n) is 1.79. The van der Waals surface area contributed by atoms with Crippen molar-refractivity contribution < 1.29 is 23.4 Å². The van der Waals surface area contributed by atoms with E-state index in [4.69, 9.17) is 10.2 Å². The van der Waals surface area contributed by atoms with Gasteiger partial charge in [-0.15, -0.1) is 11.3 Å². The topological polar surface area (TPSA) is 104 Å². The van der Waals surface area contributed by atoms with Crippen LogP contribution < -0.4 is 4.72 Å². The fraction of sp³-hybridized carbons (Fsp3) is 0.375. The zero-order chi connectivity index (χ0) is 13.2. The predicted octanol–water partition coefficient (Wildman–Crippen LogP) is 0.868. The van der Waals surface area contributed by atoms with Crippen molar-refractivity contribution in [2.45, 2.75) is 17.9 Å². The molecule has 0 bridgehead atoms. The van der Waals surface area contributed by atoms with Gasteiger partial charge in [0.15, 0.2) is 0 Å². The number of rotatable bonds is 5. The lowest BCUT2D eigenvalue weighted by molar-refractivity contribution is 0.0702. The van der Waals surface area contributed by atoms with Crippen LogP contribution in [0.1, 0.15) is 16.6 Å². The number of nitrogens with one attached hydrogen (secondary N) is 1. The molecule has 1 atom stereocenters. The van der Waals surface area contributed by atoms with Gasteiger partial charge in [-0.05, 0) is 28.9 Å². The summed E-state index contributed by atoms with van der Waals surface area (Å²) in [5.41, 5.74) is 0. The zero-order valence-corrected chi connectivity index (χ0v) is 11.9. The van der Waals surface area contributed by atoms with Crippen LogP contribution in [0.4, 0.5) is 0 Å². The van der Waals surface area contributed by atoms with Crippen LogP contribution in [0.2, 0.25) is 0 Å². The van der Waals surface area contributed by atoms with E-state index in [-0.39, 0.29) is 20.2 Å². The monoisotopic (exact) mass is 343 g/mol. The van der Waals surface area contributed by atoms with E-state index in [2.05, 4.69) is 20.7 Å². The van der Waals surface area contributed by atoms with Crippen molar-refractivity contribution in [2.75, 3.05) is 6.61 Å². The van der Waals surface area contributed by atoms with E-state index < -0.39 is 22.0 Å². The van der Waals surface area contributed by atoms with Crippen LogP contribution >= 0.6 is 27.3 Å². The molecule has 0 aliphatic carbocycles. The summed E-state index contributed by atoms with van der Waals surface area (Å²) in [5.74, 6) is -1.19. The summed E-state index contributed by atoms with van der Waals surface area (Å²) in [5, 5.41) is 17.5. The molecule has 3 N–H and O–H groups in total. The molecule has 0 aliphatic rings. The molecule has 6 nitrogen and oxygen atoms in total. The van der Waals surface area contributed by atoms with Gasteiger partial charge in [-0.25, -0.2) is 17.9 Å².